The number of halogens is 1. The first kappa shape index (κ1) is 11.7. The lowest BCUT2D eigenvalue weighted by molar-refractivity contribution is 0.218. The molecule has 16 heavy (non-hydrogen) atoms. The van der Waals surface area contributed by atoms with Gasteiger partial charge in [-0.2, -0.15) is 0 Å². The van der Waals surface area contributed by atoms with Crippen LogP contribution in [0.15, 0.2) is 18.2 Å². The van der Waals surface area contributed by atoms with Crippen LogP contribution in [-0.4, -0.2) is 17.8 Å². The zero-order valence-corrected chi connectivity index (χ0v) is 10.4. The summed E-state index contributed by atoms with van der Waals surface area (Å²) in [6.07, 6.45) is 2.61. The van der Waals surface area contributed by atoms with E-state index < -0.39 is 0 Å². The molecule has 1 aliphatic carbocycles. The van der Waals surface area contributed by atoms with E-state index in [0.717, 1.165) is 24.2 Å². The molecule has 1 aromatic carbocycles. The van der Waals surface area contributed by atoms with Gasteiger partial charge in [-0.3, -0.25) is 0 Å². The summed E-state index contributed by atoms with van der Waals surface area (Å²) in [5.41, 5.74) is 0.769. The molecule has 1 N–H and O–H groups in total. The van der Waals surface area contributed by atoms with Crippen LogP contribution in [0.4, 0.5) is 0 Å². The summed E-state index contributed by atoms with van der Waals surface area (Å²) >= 11 is 6.16. The Bertz CT molecular complexity index is 384. The summed E-state index contributed by atoms with van der Waals surface area (Å²) in [7, 11) is 0. The monoisotopic (exact) mass is 240 g/mol. The number of aliphatic hydroxyl groups is 1. The van der Waals surface area contributed by atoms with Crippen molar-refractivity contribution in [2.45, 2.75) is 38.2 Å². The molecule has 0 aliphatic heterocycles. The molecule has 0 heterocycles. The Kier molecular flexibility index (Phi) is 3.13. The predicted octanol–water partition coefficient (Wildman–Crippen LogP) is 3.15. The first-order valence-corrected chi connectivity index (χ1v) is 5.98. The third kappa shape index (κ3) is 2.50. The van der Waals surface area contributed by atoms with Gasteiger partial charge >= 0.3 is 0 Å². The Hall–Kier alpha value is -0.730. The van der Waals surface area contributed by atoms with E-state index in [0.29, 0.717) is 11.1 Å². The van der Waals surface area contributed by atoms with Crippen LogP contribution in [0, 0.1) is 0 Å². The fourth-order valence-electron chi connectivity index (χ4n) is 1.47. The second kappa shape index (κ2) is 4.27. The molecule has 0 amide bonds. The Morgan fingerprint density at radius 2 is 2.12 bits per heavy atom. The van der Waals surface area contributed by atoms with Crippen LogP contribution in [0.5, 0.6) is 5.75 Å². The first-order chi connectivity index (χ1) is 7.53. The second-order valence-electron chi connectivity index (χ2n) is 5.00. The topological polar surface area (TPSA) is 29.5 Å². The lowest BCUT2D eigenvalue weighted by Gasteiger charge is -2.23. The highest BCUT2D eigenvalue weighted by Crippen LogP contribution is 2.34. The molecule has 1 aliphatic rings. The van der Waals surface area contributed by atoms with E-state index >= 15 is 0 Å². The van der Waals surface area contributed by atoms with Crippen LogP contribution >= 0.6 is 11.6 Å². The molecule has 0 atom stereocenters. The van der Waals surface area contributed by atoms with Gasteiger partial charge < -0.3 is 9.84 Å². The Labute approximate surface area is 101 Å². The third-order valence-electron chi connectivity index (χ3n) is 2.93. The van der Waals surface area contributed by atoms with E-state index in [1.165, 1.54) is 0 Å². The van der Waals surface area contributed by atoms with Crippen molar-refractivity contribution in [3.63, 3.8) is 0 Å². The van der Waals surface area contributed by atoms with Crippen molar-refractivity contribution >= 4 is 11.6 Å². The Balaban J connectivity index is 2.21. The van der Waals surface area contributed by atoms with Crippen LogP contribution in [0.25, 0.3) is 0 Å². The highest BCUT2D eigenvalue weighted by Gasteiger charge is 2.25. The van der Waals surface area contributed by atoms with Crippen LogP contribution in [0.1, 0.15) is 32.3 Å². The summed E-state index contributed by atoms with van der Waals surface area (Å²) in [5, 5.41) is 9.92. The maximum absolute atomic E-state index is 9.29. The number of aliphatic hydroxyl groups excluding tert-OH is 1. The SMILES string of the molecule is CC(C)(CO)c1ccc(OC2CC2)c(Cl)c1. The molecule has 0 spiro atoms. The van der Waals surface area contributed by atoms with E-state index in [2.05, 4.69) is 0 Å². The van der Waals surface area contributed by atoms with Crippen molar-refractivity contribution < 1.29 is 9.84 Å². The van der Waals surface area contributed by atoms with Gasteiger partial charge in [0.2, 0.25) is 0 Å². The van der Waals surface area contributed by atoms with Crippen molar-refractivity contribution in [3.8, 4) is 5.75 Å². The molecule has 0 bridgehead atoms. The van der Waals surface area contributed by atoms with Gasteiger partial charge in [-0.1, -0.05) is 31.5 Å². The molecule has 1 fully saturated rings. The third-order valence-corrected chi connectivity index (χ3v) is 3.22. The lowest BCUT2D eigenvalue weighted by Crippen LogP contribution is -2.21. The predicted molar refractivity (Wildman–Crippen MR) is 65.2 cm³/mol. The highest BCUT2D eigenvalue weighted by atomic mass is 35.5. The minimum atomic E-state index is -0.262. The van der Waals surface area contributed by atoms with Crippen LogP contribution in [0.3, 0.4) is 0 Å². The van der Waals surface area contributed by atoms with Gasteiger partial charge in [-0.25, -0.2) is 0 Å². The molecule has 3 heteroatoms. The Morgan fingerprint density at radius 3 is 2.62 bits per heavy atom. The molecule has 0 saturated heterocycles. The Morgan fingerprint density at radius 1 is 1.44 bits per heavy atom. The van der Waals surface area contributed by atoms with E-state index in [4.69, 9.17) is 16.3 Å². The van der Waals surface area contributed by atoms with Gasteiger partial charge in [0.1, 0.15) is 5.75 Å². The molecule has 1 saturated carbocycles. The van der Waals surface area contributed by atoms with E-state index in [1.807, 2.05) is 32.0 Å². The first-order valence-electron chi connectivity index (χ1n) is 5.60. The fraction of sp³-hybridized carbons (Fsp3) is 0.538. The fourth-order valence-corrected chi connectivity index (χ4v) is 1.70. The summed E-state index contributed by atoms with van der Waals surface area (Å²) in [6.45, 7) is 4.08. The van der Waals surface area contributed by atoms with Gasteiger partial charge in [0, 0.05) is 5.41 Å². The minimum absolute atomic E-state index is 0.103. The van der Waals surface area contributed by atoms with Crippen LogP contribution in [0.2, 0.25) is 5.02 Å². The molecule has 1 aromatic rings. The molecule has 2 rings (SSSR count). The quantitative estimate of drug-likeness (QED) is 0.876. The van der Waals surface area contributed by atoms with Gasteiger partial charge in [-0.05, 0) is 30.5 Å². The maximum Gasteiger partial charge on any atom is 0.138 e. The zero-order chi connectivity index (χ0) is 11.8. The smallest absolute Gasteiger partial charge is 0.138 e. The largest absolute Gasteiger partial charge is 0.489 e. The average Bonchev–Trinajstić information content (AvgIpc) is 3.05. The second-order valence-corrected chi connectivity index (χ2v) is 5.41. The summed E-state index contributed by atoms with van der Waals surface area (Å²) in [6, 6.07) is 5.75. The number of rotatable bonds is 4. The standard InChI is InChI=1S/C13H17ClO2/c1-13(2,8-15)9-3-6-12(11(14)7-9)16-10-4-5-10/h3,6-7,10,15H,4-5,8H2,1-2H3. The number of hydrogen-bond acceptors (Lipinski definition) is 2. The number of hydrogen-bond donors (Lipinski definition) is 1. The van der Waals surface area contributed by atoms with Crippen molar-refractivity contribution in [1.29, 1.82) is 0 Å². The summed E-state index contributed by atoms with van der Waals surface area (Å²) < 4.78 is 5.66. The molecule has 0 unspecified atom stereocenters. The zero-order valence-electron chi connectivity index (χ0n) is 9.66. The van der Waals surface area contributed by atoms with Crippen LogP contribution < -0.4 is 4.74 Å². The van der Waals surface area contributed by atoms with Crippen molar-refractivity contribution in [1.82, 2.24) is 0 Å². The normalized spacial score (nSPS) is 16.2. The van der Waals surface area contributed by atoms with Gasteiger partial charge in [0.25, 0.3) is 0 Å². The molecule has 88 valence electrons. The number of ether oxygens (including phenoxy) is 1. The summed E-state index contributed by atoms with van der Waals surface area (Å²) in [5.74, 6) is 0.752. The van der Waals surface area contributed by atoms with Crippen LogP contribution in [-0.2, 0) is 5.41 Å². The lowest BCUT2D eigenvalue weighted by atomic mass is 9.86. The van der Waals surface area contributed by atoms with E-state index in [9.17, 15) is 5.11 Å². The maximum atomic E-state index is 9.29. The molecule has 2 nitrogen and oxygen atoms in total. The highest BCUT2D eigenvalue weighted by molar-refractivity contribution is 6.32. The summed E-state index contributed by atoms with van der Waals surface area (Å²) in [4.78, 5) is 0. The minimum Gasteiger partial charge on any atom is -0.489 e. The molecular weight excluding hydrogens is 224 g/mol. The van der Waals surface area contributed by atoms with Crippen molar-refractivity contribution in [2.24, 2.45) is 0 Å². The average molecular weight is 241 g/mol. The van der Waals surface area contributed by atoms with Gasteiger partial charge in [-0.15, -0.1) is 0 Å². The number of benzene rings is 1. The molecule has 0 radical (unpaired) electrons. The van der Waals surface area contributed by atoms with Crippen molar-refractivity contribution in [2.75, 3.05) is 6.61 Å². The van der Waals surface area contributed by atoms with E-state index in [1.54, 1.807) is 0 Å². The molecule has 0 aromatic heterocycles. The van der Waals surface area contributed by atoms with E-state index in [-0.39, 0.29) is 12.0 Å². The van der Waals surface area contributed by atoms with Gasteiger partial charge in [0.05, 0.1) is 17.7 Å². The molecular formula is C13H17ClO2. The van der Waals surface area contributed by atoms with Gasteiger partial charge in [0.15, 0.2) is 0 Å². The van der Waals surface area contributed by atoms with Crippen molar-refractivity contribution in [3.05, 3.63) is 28.8 Å².